The summed E-state index contributed by atoms with van der Waals surface area (Å²) in [5.74, 6) is -0.434. The Balaban J connectivity index is 2.07. The first-order chi connectivity index (χ1) is 9.95. The SMILES string of the molecule is Cc1cc(C(=O)Nc2cccc(NC(=O)C(C)C)c2)on1. The number of anilines is 2. The van der Waals surface area contributed by atoms with E-state index in [0.29, 0.717) is 17.1 Å². The number of amides is 2. The molecule has 0 radical (unpaired) electrons. The van der Waals surface area contributed by atoms with Crippen molar-refractivity contribution >= 4 is 23.2 Å². The molecule has 0 aliphatic heterocycles. The van der Waals surface area contributed by atoms with Gasteiger partial charge in [0.15, 0.2) is 0 Å². The van der Waals surface area contributed by atoms with E-state index in [0.717, 1.165) is 0 Å². The second kappa shape index (κ2) is 6.21. The highest BCUT2D eigenvalue weighted by molar-refractivity contribution is 6.02. The Hall–Kier alpha value is -2.63. The van der Waals surface area contributed by atoms with E-state index in [2.05, 4.69) is 15.8 Å². The van der Waals surface area contributed by atoms with Crippen LogP contribution in [0.3, 0.4) is 0 Å². The van der Waals surface area contributed by atoms with Crippen LogP contribution in [0.15, 0.2) is 34.9 Å². The summed E-state index contributed by atoms with van der Waals surface area (Å²) in [4.78, 5) is 23.6. The highest BCUT2D eigenvalue weighted by Gasteiger charge is 2.12. The lowest BCUT2D eigenvalue weighted by molar-refractivity contribution is -0.118. The molecule has 0 bridgehead atoms. The fraction of sp³-hybridized carbons (Fsp3) is 0.267. The number of carbonyl (C=O) groups excluding carboxylic acids is 2. The highest BCUT2D eigenvalue weighted by Crippen LogP contribution is 2.17. The number of hydrogen-bond donors (Lipinski definition) is 2. The van der Waals surface area contributed by atoms with Crippen LogP contribution < -0.4 is 10.6 Å². The van der Waals surface area contributed by atoms with E-state index in [1.807, 2.05) is 13.8 Å². The summed E-state index contributed by atoms with van der Waals surface area (Å²) in [7, 11) is 0. The number of nitrogens with zero attached hydrogens (tertiary/aromatic N) is 1. The van der Waals surface area contributed by atoms with Crippen LogP contribution in [-0.2, 0) is 4.79 Å². The van der Waals surface area contributed by atoms with Crippen LogP contribution >= 0.6 is 0 Å². The lowest BCUT2D eigenvalue weighted by atomic mass is 10.2. The van der Waals surface area contributed by atoms with Crippen LogP contribution in [0.1, 0.15) is 30.1 Å². The smallest absolute Gasteiger partial charge is 0.294 e. The summed E-state index contributed by atoms with van der Waals surface area (Å²) in [5, 5.41) is 9.13. The molecule has 110 valence electrons. The molecule has 0 aliphatic carbocycles. The molecule has 6 nitrogen and oxygen atoms in total. The predicted octanol–water partition coefficient (Wildman–Crippen LogP) is 2.83. The molecule has 1 heterocycles. The molecule has 0 saturated heterocycles. The molecule has 0 aliphatic rings. The maximum absolute atomic E-state index is 11.9. The summed E-state index contributed by atoms with van der Waals surface area (Å²) >= 11 is 0. The molecule has 1 aromatic carbocycles. The van der Waals surface area contributed by atoms with Crippen molar-refractivity contribution in [1.82, 2.24) is 5.16 Å². The third kappa shape index (κ3) is 3.92. The molecule has 6 heteroatoms. The van der Waals surface area contributed by atoms with E-state index in [-0.39, 0.29) is 23.5 Å². The lowest BCUT2D eigenvalue weighted by Crippen LogP contribution is -2.18. The van der Waals surface area contributed by atoms with Gasteiger partial charge in [0.1, 0.15) is 0 Å². The minimum Gasteiger partial charge on any atom is -0.351 e. The fourth-order valence-electron chi connectivity index (χ4n) is 1.62. The van der Waals surface area contributed by atoms with Crippen molar-refractivity contribution < 1.29 is 14.1 Å². The van der Waals surface area contributed by atoms with Gasteiger partial charge in [0.05, 0.1) is 5.69 Å². The Labute approximate surface area is 122 Å². The molecule has 21 heavy (non-hydrogen) atoms. The topological polar surface area (TPSA) is 84.2 Å². The summed E-state index contributed by atoms with van der Waals surface area (Å²) in [6, 6.07) is 8.47. The third-order valence-corrected chi connectivity index (χ3v) is 2.76. The zero-order chi connectivity index (χ0) is 15.4. The van der Waals surface area contributed by atoms with E-state index in [4.69, 9.17) is 4.52 Å². The quantitative estimate of drug-likeness (QED) is 0.905. The van der Waals surface area contributed by atoms with Gasteiger partial charge in [-0.2, -0.15) is 0 Å². The Morgan fingerprint density at radius 2 is 1.81 bits per heavy atom. The summed E-state index contributed by atoms with van der Waals surface area (Å²) in [5.41, 5.74) is 1.83. The van der Waals surface area contributed by atoms with Gasteiger partial charge in [-0.3, -0.25) is 9.59 Å². The Morgan fingerprint density at radius 1 is 1.14 bits per heavy atom. The molecule has 0 spiro atoms. The van der Waals surface area contributed by atoms with Crippen LogP contribution in [0, 0.1) is 12.8 Å². The number of rotatable bonds is 4. The van der Waals surface area contributed by atoms with Crippen LogP contribution in [0.4, 0.5) is 11.4 Å². The Morgan fingerprint density at radius 3 is 2.38 bits per heavy atom. The molecule has 2 amide bonds. The number of carbonyl (C=O) groups is 2. The van der Waals surface area contributed by atoms with E-state index in [1.165, 1.54) is 0 Å². The molecule has 2 aromatic rings. The molecule has 2 N–H and O–H groups in total. The van der Waals surface area contributed by atoms with Crippen molar-refractivity contribution in [3.8, 4) is 0 Å². The second-order valence-corrected chi connectivity index (χ2v) is 5.01. The van der Waals surface area contributed by atoms with Gasteiger partial charge < -0.3 is 15.2 Å². The number of nitrogens with one attached hydrogen (secondary N) is 2. The van der Waals surface area contributed by atoms with Gasteiger partial charge in [0.25, 0.3) is 5.91 Å². The standard InChI is InChI=1S/C15H17N3O3/c1-9(2)14(19)16-11-5-4-6-12(8-11)17-15(20)13-7-10(3)18-21-13/h4-9H,1-3H3,(H,16,19)(H,17,20). The minimum absolute atomic E-state index is 0.0793. The predicted molar refractivity (Wildman–Crippen MR) is 79.1 cm³/mol. The Kier molecular flexibility index (Phi) is 4.37. The largest absolute Gasteiger partial charge is 0.351 e. The average molecular weight is 287 g/mol. The van der Waals surface area contributed by atoms with E-state index in [1.54, 1.807) is 37.3 Å². The van der Waals surface area contributed by atoms with Crippen LogP contribution in [0.2, 0.25) is 0 Å². The van der Waals surface area contributed by atoms with Gasteiger partial charge in [0, 0.05) is 23.4 Å². The van der Waals surface area contributed by atoms with Gasteiger partial charge in [-0.1, -0.05) is 25.1 Å². The van der Waals surface area contributed by atoms with Crippen molar-refractivity contribution in [3.63, 3.8) is 0 Å². The van der Waals surface area contributed by atoms with Crippen LogP contribution in [0.5, 0.6) is 0 Å². The first kappa shape index (κ1) is 14.8. The maximum atomic E-state index is 11.9. The summed E-state index contributed by atoms with van der Waals surface area (Å²) < 4.78 is 4.89. The minimum atomic E-state index is -0.386. The van der Waals surface area contributed by atoms with Crippen LogP contribution in [-0.4, -0.2) is 17.0 Å². The lowest BCUT2D eigenvalue weighted by Gasteiger charge is -2.09. The zero-order valence-corrected chi connectivity index (χ0v) is 12.1. The van der Waals surface area contributed by atoms with Crippen molar-refractivity contribution in [2.45, 2.75) is 20.8 Å². The molecule has 0 atom stereocenters. The third-order valence-electron chi connectivity index (χ3n) is 2.76. The van der Waals surface area contributed by atoms with Crippen molar-refractivity contribution in [3.05, 3.63) is 41.8 Å². The first-order valence-corrected chi connectivity index (χ1v) is 6.61. The normalized spacial score (nSPS) is 10.5. The molecule has 2 rings (SSSR count). The molecular formula is C15H17N3O3. The monoisotopic (exact) mass is 287 g/mol. The molecule has 0 unspecified atom stereocenters. The highest BCUT2D eigenvalue weighted by atomic mass is 16.5. The first-order valence-electron chi connectivity index (χ1n) is 6.61. The number of hydrogen-bond acceptors (Lipinski definition) is 4. The fourth-order valence-corrected chi connectivity index (χ4v) is 1.62. The maximum Gasteiger partial charge on any atom is 0.294 e. The summed E-state index contributed by atoms with van der Waals surface area (Å²) in [6.45, 7) is 5.36. The number of aromatic nitrogens is 1. The number of benzene rings is 1. The van der Waals surface area contributed by atoms with Crippen molar-refractivity contribution in [2.75, 3.05) is 10.6 Å². The van der Waals surface area contributed by atoms with Gasteiger partial charge in [-0.15, -0.1) is 0 Å². The van der Waals surface area contributed by atoms with Gasteiger partial charge in [0.2, 0.25) is 11.7 Å². The van der Waals surface area contributed by atoms with Crippen molar-refractivity contribution in [2.24, 2.45) is 5.92 Å². The number of aryl methyl sites for hydroxylation is 1. The Bertz CT molecular complexity index is 662. The van der Waals surface area contributed by atoms with Gasteiger partial charge in [-0.05, 0) is 25.1 Å². The van der Waals surface area contributed by atoms with Crippen molar-refractivity contribution in [1.29, 1.82) is 0 Å². The van der Waals surface area contributed by atoms with Gasteiger partial charge in [-0.25, -0.2) is 0 Å². The van der Waals surface area contributed by atoms with E-state index in [9.17, 15) is 9.59 Å². The molecular weight excluding hydrogens is 270 g/mol. The molecule has 0 saturated carbocycles. The van der Waals surface area contributed by atoms with E-state index < -0.39 is 0 Å². The zero-order valence-electron chi connectivity index (χ0n) is 12.1. The summed E-state index contributed by atoms with van der Waals surface area (Å²) in [6.07, 6.45) is 0. The molecule has 1 aromatic heterocycles. The molecule has 0 fully saturated rings. The average Bonchev–Trinajstić information content (AvgIpc) is 2.86. The van der Waals surface area contributed by atoms with Crippen LogP contribution in [0.25, 0.3) is 0 Å². The van der Waals surface area contributed by atoms with E-state index >= 15 is 0 Å². The van der Waals surface area contributed by atoms with Gasteiger partial charge >= 0.3 is 0 Å². The second-order valence-electron chi connectivity index (χ2n) is 5.01.